The average molecular weight is 675 g/mol. The van der Waals surface area contributed by atoms with Crippen LogP contribution in [0.15, 0.2) is 103 Å². The van der Waals surface area contributed by atoms with Gasteiger partial charge in [0.05, 0.1) is 32.0 Å². The lowest BCUT2D eigenvalue weighted by molar-refractivity contribution is -0.138. The molecule has 0 N–H and O–H groups in total. The van der Waals surface area contributed by atoms with E-state index in [9.17, 15) is 19.2 Å². The van der Waals surface area contributed by atoms with E-state index < -0.39 is 17.9 Å². The molecule has 3 aromatic rings. The fraction of sp³-hybridized carbons (Fsp3) is 0.316. The Morgan fingerprint density at radius 3 is 1.40 bits per heavy atom. The number of hydrogen-bond acceptors (Lipinski definition) is 10. The highest BCUT2D eigenvalue weighted by Crippen LogP contribution is 2.26. The molecule has 0 atom stereocenters. The van der Waals surface area contributed by atoms with Gasteiger partial charge < -0.3 is 23.7 Å². The van der Waals surface area contributed by atoms with Crippen LogP contribution in [0.4, 0.5) is 0 Å². The highest BCUT2D eigenvalue weighted by atomic mass is 32.2. The zero-order valence-electron chi connectivity index (χ0n) is 27.1. The van der Waals surface area contributed by atoms with Crippen LogP contribution in [0.2, 0.25) is 0 Å². The third-order valence-electron chi connectivity index (χ3n) is 6.86. The van der Waals surface area contributed by atoms with Crippen LogP contribution in [-0.4, -0.2) is 49.5 Å². The zero-order chi connectivity index (χ0) is 34.4. The molecule has 0 amide bonds. The van der Waals surface area contributed by atoms with E-state index in [1.165, 1.54) is 0 Å². The summed E-state index contributed by atoms with van der Waals surface area (Å²) in [6, 6.07) is 20.6. The van der Waals surface area contributed by atoms with Crippen LogP contribution in [0.25, 0.3) is 0 Å². The van der Waals surface area contributed by atoms with Crippen molar-refractivity contribution in [3.8, 4) is 17.2 Å². The summed E-state index contributed by atoms with van der Waals surface area (Å²) in [6.45, 7) is 8.62. The van der Waals surface area contributed by atoms with Gasteiger partial charge in [-0.15, -0.1) is 0 Å². The Hall–Kier alpha value is -4.83. The fourth-order valence-corrected chi connectivity index (χ4v) is 4.98. The smallest absolute Gasteiger partial charge is 0.343 e. The molecule has 0 saturated carbocycles. The fourth-order valence-electron chi connectivity index (χ4n) is 4.24. The van der Waals surface area contributed by atoms with Gasteiger partial charge in [-0.3, -0.25) is 4.79 Å². The summed E-state index contributed by atoms with van der Waals surface area (Å²) in [5.74, 6) is 0.427. The van der Waals surface area contributed by atoms with E-state index in [0.717, 1.165) is 80.2 Å². The van der Waals surface area contributed by atoms with Gasteiger partial charge >= 0.3 is 17.9 Å². The van der Waals surface area contributed by atoms with Crippen molar-refractivity contribution in [2.24, 2.45) is 0 Å². The molecular weight excluding hydrogens is 632 g/mol. The highest BCUT2D eigenvalue weighted by molar-refractivity contribution is 8.14. The second kappa shape index (κ2) is 21.9. The van der Waals surface area contributed by atoms with Crippen molar-refractivity contribution in [3.63, 3.8) is 0 Å². The molecule has 9 nitrogen and oxygen atoms in total. The van der Waals surface area contributed by atoms with Crippen LogP contribution < -0.4 is 14.2 Å². The molecule has 0 spiro atoms. The summed E-state index contributed by atoms with van der Waals surface area (Å²) in [5, 5.41) is -0.114. The molecule has 0 aliphatic heterocycles. The topological polar surface area (TPSA) is 114 Å². The zero-order valence-corrected chi connectivity index (χ0v) is 27.9. The van der Waals surface area contributed by atoms with E-state index in [4.69, 9.17) is 23.7 Å². The minimum absolute atomic E-state index is 0.114. The van der Waals surface area contributed by atoms with E-state index in [0.29, 0.717) is 54.8 Å². The van der Waals surface area contributed by atoms with E-state index in [-0.39, 0.29) is 5.12 Å². The third kappa shape index (κ3) is 14.7. The van der Waals surface area contributed by atoms with Gasteiger partial charge in [0, 0.05) is 22.6 Å². The maximum absolute atomic E-state index is 12.8. The first-order valence-corrected chi connectivity index (χ1v) is 16.8. The Kier molecular flexibility index (Phi) is 17.1. The van der Waals surface area contributed by atoms with Crippen molar-refractivity contribution in [3.05, 3.63) is 109 Å². The molecule has 3 aromatic carbocycles. The van der Waals surface area contributed by atoms with Gasteiger partial charge in [-0.1, -0.05) is 13.2 Å². The molecule has 254 valence electrons. The maximum Gasteiger partial charge on any atom is 0.343 e. The number of thioether (sulfide) groups is 1. The normalized spacial score (nSPS) is 10.4. The van der Waals surface area contributed by atoms with Gasteiger partial charge in [0.15, 0.2) is 0 Å². The second-order valence-corrected chi connectivity index (χ2v) is 11.6. The summed E-state index contributed by atoms with van der Waals surface area (Å²) in [4.78, 5) is 48.1. The molecule has 3 rings (SSSR count). The first-order valence-electron chi connectivity index (χ1n) is 16.0. The van der Waals surface area contributed by atoms with Gasteiger partial charge in [-0.05, 0) is 136 Å². The van der Waals surface area contributed by atoms with Gasteiger partial charge in [0.1, 0.15) is 17.2 Å². The Bertz CT molecular complexity index is 1350. The molecule has 48 heavy (non-hydrogen) atoms. The molecular formula is C38H42O9S. The Balaban J connectivity index is 1.31. The molecule has 0 bridgehead atoms. The largest absolute Gasteiger partial charge is 0.494 e. The van der Waals surface area contributed by atoms with Crippen molar-refractivity contribution < 1.29 is 42.9 Å². The number of rotatable bonds is 22. The number of esters is 3. The first-order chi connectivity index (χ1) is 23.4. The maximum atomic E-state index is 12.8. The predicted octanol–water partition coefficient (Wildman–Crippen LogP) is 8.18. The molecule has 0 unspecified atom stereocenters. The molecule has 0 heterocycles. The Morgan fingerprint density at radius 2 is 0.938 bits per heavy atom. The molecule has 0 aliphatic rings. The monoisotopic (exact) mass is 674 g/mol. The predicted molar refractivity (Wildman–Crippen MR) is 185 cm³/mol. The lowest BCUT2D eigenvalue weighted by Crippen LogP contribution is -2.08. The number of benzene rings is 3. The van der Waals surface area contributed by atoms with Crippen LogP contribution >= 0.6 is 11.8 Å². The van der Waals surface area contributed by atoms with Crippen molar-refractivity contribution in [1.29, 1.82) is 0 Å². The lowest BCUT2D eigenvalue weighted by atomic mass is 10.2. The SMILES string of the molecule is C=CC(=O)OCCCCCCOc1ccc(C(=O)Oc2ccc(SC(=O)c3ccc(OCCCCCCOC(=O)C=C)cc3)cc2)cc1. The summed E-state index contributed by atoms with van der Waals surface area (Å²) in [5.41, 5.74) is 0.939. The van der Waals surface area contributed by atoms with Crippen molar-refractivity contribution in [2.75, 3.05) is 26.4 Å². The number of carbonyl (C=O) groups excluding carboxylic acids is 4. The van der Waals surface area contributed by atoms with Crippen molar-refractivity contribution >= 4 is 34.8 Å². The van der Waals surface area contributed by atoms with Crippen molar-refractivity contribution in [2.45, 2.75) is 56.3 Å². The van der Waals surface area contributed by atoms with E-state index >= 15 is 0 Å². The standard InChI is InChI=1S/C38H42O9S/c1-3-35(39)45-27-11-7-5-9-25-43-31-17-13-29(14-18-31)37(41)47-33-21-23-34(24-22-33)48-38(42)30-15-19-32(20-16-30)44-26-10-6-8-12-28-46-36(40)4-2/h3-4,13-24H,1-2,5-12,25-28H2. The van der Waals surface area contributed by atoms with Gasteiger partial charge in [-0.25, -0.2) is 14.4 Å². The number of carbonyl (C=O) groups is 4. The average Bonchev–Trinajstić information content (AvgIpc) is 3.11. The van der Waals surface area contributed by atoms with Crippen LogP contribution in [-0.2, 0) is 19.1 Å². The molecule has 0 saturated heterocycles. The summed E-state index contributed by atoms with van der Waals surface area (Å²) < 4.78 is 26.9. The van der Waals surface area contributed by atoms with Gasteiger partial charge in [0.25, 0.3) is 0 Å². The lowest BCUT2D eigenvalue weighted by Gasteiger charge is -2.08. The molecule has 0 radical (unpaired) electrons. The van der Waals surface area contributed by atoms with E-state index in [2.05, 4.69) is 13.2 Å². The summed E-state index contributed by atoms with van der Waals surface area (Å²) >= 11 is 1.08. The number of unbranched alkanes of at least 4 members (excludes halogenated alkanes) is 6. The number of hydrogen-bond donors (Lipinski definition) is 0. The van der Waals surface area contributed by atoms with Crippen LogP contribution in [0.5, 0.6) is 17.2 Å². The van der Waals surface area contributed by atoms with E-state index in [1.807, 2.05) is 0 Å². The molecule has 0 aromatic heterocycles. The molecule has 10 heteroatoms. The molecule has 0 fully saturated rings. The van der Waals surface area contributed by atoms with Crippen LogP contribution in [0.3, 0.4) is 0 Å². The second-order valence-electron chi connectivity index (χ2n) is 10.6. The molecule has 0 aliphatic carbocycles. The third-order valence-corrected chi connectivity index (χ3v) is 7.79. The van der Waals surface area contributed by atoms with Crippen molar-refractivity contribution in [1.82, 2.24) is 0 Å². The van der Waals surface area contributed by atoms with Crippen LogP contribution in [0, 0.1) is 0 Å². The quantitative estimate of drug-likeness (QED) is 0.0340. The highest BCUT2D eigenvalue weighted by Gasteiger charge is 2.12. The number of ether oxygens (including phenoxy) is 5. The van der Waals surface area contributed by atoms with Gasteiger partial charge in [-0.2, -0.15) is 0 Å². The van der Waals surface area contributed by atoms with Gasteiger partial charge in [0.2, 0.25) is 5.12 Å². The van der Waals surface area contributed by atoms with Crippen LogP contribution in [0.1, 0.15) is 72.1 Å². The van der Waals surface area contributed by atoms with E-state index in [1.54, 1.807) is 72.8 Å². The first kappa shape index (κ1) is 37.6. The minimum Gasteiger partial charge on any atom is -0.494 e. The summed E-state index contributed by atoms with van der Waals surface area (Å²) in [6.07, 6.45) is 9.44. The Morgan fingerprint density at radius 1 is 0.521 bits per heavy atom. The summed E-state index contributed by atoms with van der Waals surface area (Å²) in [7, 11) is 0. The Labute approximate surface area is 286 Å². The minimum atomic E-state index is -0.496.